The van der Waals surface area contributed by atoms with Crippen molar-refractivity contribution in [1.29, 1.82) is 0 Å². The molecule has 2 aromatic heterocycles. The smallest absolute Gasteiger partial charge is 0.358 e. The third kappa shape index (κ3) is 5.87. The molecular weight excluding hydrogens is 483 g/mol. The van der Waals surface area contributed by atoms with E-state index in [-0.39, 0.29) is 23.6 Å². The zero-order valence-corrected chi connectivity index (χ0v) is 20.0. The second kappa shape index (κ2) is 9.40. The van der Waals surface area contributed by atoms with E-state index in [9.17, 15) is 26.4 Å². The first kappa shape index (κ1) is 24.8. The van der Waals surface area contributed by atoms with Gasteiger partial charge < -0.3 is 10.2 Å². The lowest BCUT2D eigenvalue weighted by Gasteiger charge is -2.36. The summed E-state index contributed by atoms with van der Waals surface area (Å²) < 4.78 is 66.0. The van der Waals surface area contributed by atoms with Crippen molar-refractivity contribution in [2.45, 2.75) is 43.9 Å². The van der Waals surface area contributed by atoms with Crippen molar-refractivity contribution >= 4 is 33.1 Å². The fourth-order valence-corrected chi connectivity index (χ4v) is 4.98. The van der Waals surface area contributed by atoms with Gasteiger partial charge in [-0.25, -0.2) is 13.4 Å². The monoisotopic (exact) mass is 509 g/mol. The maximum absolute atomic E-state index is 13.1. The summed E-state index contributed by atoms with van der Waals surface area (Å²) in [6.45, 7) is 0. The summed E-state index contributed by atoms with van der Waals surface area (Å²) in [5.41, 5.74) is -0.0335. The first-order valence-corrected chi connectivity index (χ1v) is 13.0. The minimum Gasteiger partial charge on any atom is -0.358 e. The molecule has 1 aliphatic rings. The molecule has 35 heavy (non-hydrogen) atoms. The number of hydrogen-bond acceptors (Lipinski definition) is 5. The number of alkyl halides is 3. The van der Waals surface area contributed by atoms with Crippen LogP contribution < -0.4 is 14.9 Å². The summed E-state index contributed by atoms with van der Waals surface area (Å²) in [7, 11) is -1.60. The van der Waals surface area contributed by atoms with Crippen LogP contribution in [-0.2, 0) is 16.2 Å². The number of carbonyl (C=O) groups excluding carboxylic acids is 1. The molecule has 1 saturated carbocycles. The maximum atomic E-state index is 13.1. The Morgan fingerprint density at radius 3 is 2.46 bits per heavy atom. The lowest BCUT2D eigenvalue weighted by atomic mass is 9.90. The molecule has 1 aromatic carbocycles. The van der Waals surface area contributed by atoms with Crippen LogP contribution in [0.4, 0.5) is 24.7 Å². The van der Waals surface area contributed by atoms with E-state index in [2.05, 4.69) is 15.0 Å². The summed E-state index contributed by atoms with van der Waals surface area (Å²) >= 11 is 0. The predicted octanol–water partition coefficient (Wildman–Crippen LogP) is 3.90. The number of anilines is 2. The number of rotatable bonds is 6. The number of imidazole rings is 1. The summed E-state index contributed by atoms with van der Waals surface area (Å²) in [4.78, 5) is 18.4. The van der Waals surface area contributed by atoms with Gasteiger partial charge in [0.15, 0.2) is 5.69 Å². The first-order chi connectivity index (χ1) is 16.4. The van der Waals surface area contributed by atoms with Crippen LogP contribution in [-0.4, -0.2) is 49.1 Å². The van der Waals surface area contributed by atoms with Crippen LogP contribution in [0.2, 0.25) is 0 Å². The van der Waals surface area contributed by atoms with Gasteiger partial charge >= 0.3 is 6.18 Å². The molecule has 2 heterocycles. The molecular formula is C23H26F3N5O3S. The van der Waals surface area contributed by atoms with Crippen LogP contribution >= 0.6 is 0 Å². The highest BCUT2D eigenvalue weighted by atomic mass is 32.2. The highest BCUT2D eigenvalue weighted by Gasteiger charge is 2.34. The molecule has 1 aliphatic carbocycles. The normalized spacial score (nSPS) is 18.9. The zero-order chi connectivity index (χ0) is 25.4. The Labute approximate surface area is 201 Å². The zero-order valence-electron chi connectivity index (χ0n) is 19.2. The number of benzene rings is 1. The molecule has 1 amide bonds. The van der Waals surface area contributed by atoms with Crippen molar-refractivity contribution in [2.24, 2.45) is 0 Å². The Morgan fingerprint density at radius 1 is 1.11 bits per heavy atom. The average Bonchev–Trinajstić information content (AvgIpc) is 3.23. The van der Waals surface area contributed by atoms with Crippen LogP contribution in [0.5, 0.6) is 0 Å². The topological polar surface area (TPSA) is 95.8 Å². The highest BCUT2D eigenvalue weighted by Crippen LogP contribution is 2.31. The lowest BCUT2D eigenvalue weighted by Crippen LogP contribution is -2.43. The van der Waals surface area contributed by atoms with E-state index in [1.165, 1.54) is 10.5 Å². The second-order valence-corrected chi connectivity index (χ2v) is 10.5. The Kier molecular flexibility index (Phi) is 6.67. The molecule has 1 fully saturated rings. The van der Waals surface area contributed by atoms with Crippen molar-refractivity contribution < 1.29 is 26.4 Å². The predicted molar refractivity (Wildman–Crippen MR) is 127 cm³/mol. The van der Waals surface area contributed by atoms with E-state index in [1.54, 1.807) is 36.4 Å². The number of halogens is 3. The third-order valence-corrected chi connectivity index (χ3v) is 6.74. The molecule has 0 radical (unpaired) electrons. The average molecular weight is 510 g/mol. The minimum absolute atomic E-state index is 0.0560. The summed E-state index contributed by atoms with van der Waals surface area (Å²) in [5.74, 6) is 0.329. The van der Waals surface area contributed by atoms with Gasteiger partial charge in [-0.05, 0) is 56.0 Å². The number of pyridine rings is 1. The van der Waals surface area contributed by atoms with E-state index in [1.807, 2.05) is 11.9 Å². The van der Waals surface area contributed by atoms with Gasteiger partial charge in [0.05, 0.1) is 6.26 Å². The number of carbonyl (C=O) groups is 1. The van der Waals surface area contributed by atoms with Crippen molar-refractivity contribution in [3.05, 3.63) is 59.9 Å². The second-order valence-electron chi connectivity index (χ2n) is 8.78. The van der Waals surface area contributed by atoms with Crippen molar-refractivity contribution in [3.63, 3.8) is 0 Å². The summed E-state index contributed by atoms with van der Waals surface area (Å²) in [6, 6.07) is 11.3. The van der Waals surface area contributed by atoms with Crippen LogP contribution in [0.25, 0.3) is 5.65 Å². The van der Waals surface area contributed by atoms with Crippen LogP contribution in [0.1, 0.15) is 41.7 Å². The number of amides is 1. The van der Waals surface area contributed by atoms with Gasteiger partial charge in [-0.3, -0.25) is 13.9 Å². The summed E-state index contributed by atoms with van der Waals surface area (Å²) in [6.07, 6.45) is 0.435. The van der Waals surface area contributed by atoms with Crippen LogP contribution in [0.15, 0.2) is 48.7 Å². The van der Waals surface area contributed by atoms with E-state index in [0.717, 1.165) is 25.3 Å². The maximum Gasteiger partial charge on any atom is 0.434 e. The van der Waals surface area contributed by atoms with Crippen molar-refractivity contribution in [1.82, 2.24) is 14.7 Å². The molecule has 0 atom stereocenters. The fraction of sp³-hybridized carbons (Fsp3) is 0.391. The van der Waals surface area contributed by atoms with Gasteiger partial charge in [0.2, 0.25) is 10.0 Å². The van der Waals surface area contributed by atoms with Gasteiger partial charge in [-0.2, -0.15) is 13.2 Å². The minimum atomic E-state index is -4.52. The molecule has 4 rings (SSSR count). The Morgan fingerprint density at radius 2 is 1.80 bits per heavy atom. The third-order valence-electron chi connectivity index (χ3n) is 6.13. The van der Waals surface area contributed by atoms with E-state index in [0.29, 0.717) is 29.9 Å². The SMILES string of the molecule is CN(c1cccc2nc(C(F)(F)F)cn12)[C@H]1CC[C@@H](NC(=O)c2cccc(NS(C)(=O)=O)c2)CC1. The van der Waals surface area contributed by atoms with Crippen LogP contribution in [0.3, 0.4) is 0 Å². The quantitative estimate of drug-likeness (QED) is 0.526. The Hall–Kier alpha value is -3.28. The fourth-order valence-electron chi connectivity index (χ4n) is 4.42. The molecule has 8 nitrogen and oxygen atoms in total. The van der Waals surface area contributed by atoms with Crippen molar-refractivity contribution in [3.8, 4) is 0 Å². The molecule has 0 spiro atoms. The molecule has 0 saturated heterocycles. The Balaban J connectivity index is 1.39. The van der Waals surface area contributed by atoms with Gasteiger partial charge in [-0.15, -0.1) is 0 Å². The van der Waals surface area contributed by atoms with Gasteiger partial charge in [0, 0.05) is 36.6 Å². The first-order valence-electron chi connectivity index (χ1n) is 11.1. The molecule has 0 bridgehead atoms. The number of sulfonamides is 1. The number of nitrogens with one attached hydrogen (secondary N) is 2. The molecule has 2 N–H and O–H groups in total. The number of hydrogen-bond donors (Lipinski definition) is 2. The van der Waals surface area contributed by atoms with E-state index >= 15 is 0 Å². The van der Waals surface area contributed by atoms with Crippen LogP contribution in [0, 0.1) is 0 Å². The molecule has 12 heteroatoms. The van der Waals surface area contributed by atoms with Gasteiger partial charge in [0.1, 0.15) is 11.5 Å². The molecule has 0 unspecified atom stereocenters. The van der Waals surface area contributed by atoms with Gasteiger partial charge in [0.25, 0.3) is 5.91 Å². The molecule has 0 aliphatic heterocycles. The lowest BCUT2D eigenvalue weighted by molar-refractivity contribution is -0.140. The Bertz CT molecular complexity index is 1330. The summed E-state index contributed by atoms with van der Waals surface area (Å²) in [5, 5.41) is 3.00. The molecule has 3 aromatic rings. The number of fused-ring (bicyclic) bond motifs is 1. The van der Waals surface area contributed by atoms with Crippen molar-refractivity contribution in [2.75, 3.05) is 22.9 Å². The van der Waals surface area contributed by atoms with E-state index in [4.69, 9.17) is 0 Å². The number of aromatic nitrogens is 2. The number of nitrogens with zero attached hydrogens (tertiary/aromatic N) is 3. The highest BCUT2D eigenvalue weighted by molar-refractivity contribution is 7.92. The molecule has 188 valence electrons. The largest absolute Gasteiger partial charge is 0.434 e. The standard InChI is InChI=1S/C23H26F3N5O3S/c1-30(21-8-4-7-20-28-19(14-31(20)21)23(24,25)26)18-11-9-16(10-12-18)27-22(32)15-5-3-6-17(13-15)29-35(2,33)34/h3-8,13-14,16,18,29H,9-12H2,1-2H3,(H,27,32)/t16-,18+. The van der Waals surface area contributed by atoms with Gasteiger partial charge in [-0.1, -0.05) is 12.1 Å². The van der Waals surface area contributed by atoms with E-state index < -0.39 is 21.9 Å².